The molecule has 0 aliphatic rings. The Kier molecular flexibility index (Phi) is 6.27. The molecule has 3 aromatic heterocycles. The summed E-state index contributed by atoms with van der Waals surface area (Å²) in [5.74, 6) is 1.08. The number of pyridine rings is 2. The second-order valence-electron chi connectivity index (χ2n) is 6.90. The summed E-state index contributed by atoms with van der Waals surface area (Å²) in [5, 5.41) is 2.57. The monoisotopic (exact) mass is 471 g/mol. The van der Waals surface area contributed by atoms with Gasteiger partial charge >= 0.3 is 6.18 Å². The number of nitrogens with zero attached hydrogens (tertiary/aromatic N) is 5. The minimum absolute atomic E-state index is 0.0199. The van der Waals surface area contributed by atoms with E-state index in [1.807, 2.05) is 42.5 Å². The number of nitrogens with one attached hydrogen (secondary N) is 1. The molecule has 0 radical (unpaired) electrons. The number of aromatic nitrogens is 4. The van der Waals surface area contributed by atoms with Gasteiger partial charge in [0.05, 0.1) is 17.1 Å². The second-order valence-corrected chi connectivity index (χ2v) is 7.30. The molecular formula is C22H17ClF3N7. The average Bonchev–Trinajstić information content (AvgIpc) is 2.81. The molecule has 0 saturated carbocycles. The highest BCUT2D eigenvalue weighted by atomic mass is 35.5. The van der Waals surface area contributed by atoms with Crippen molar-refractivity contribution in [1.29, 1.82) is 0 Å². The Balaban J connectivity index is 1.70. The van der Waals surface area contributed by atoms with Gasteiger partial charge in [-0.3, -0.25) is 0 Å². The summed E-state index contributed by atoms with van der Waals surface area (Å²) in [4.78, 5) is 18.4. The Morgan fingerprint density at radius 3 is 2.36 bits per heavy atom. The highest BCUT2D eigenvalue weighted by Crippen LogP contribution is 2.36. The standard InChI is InChI=1S/C22H17ClF3N7/c23-16-10-15(22(24,25)26)11-29-19(16)32-20-18(27)21(31-13-30-20)33(17-8-4-5-9-28-17)12-14-6-2-1-3-7-14/h1-11,13H,12,27H2,(H,29,30,31,32). The number of hydrogen-bond donors (Lipinski definition) is 2. The maximum atomic E-state index is 12.9. The number of nitrogens with two attached hydrogens (primary N) is 1. The van der Waals surface area contributed by atoms with Crippen molar-refractivity contribution in [2.24, 2.45) is 0 Å². The van der Waals surface area contributed by atoms with Crippen LogP contribution in [0.5, 0.6) is 0 Å². The van der Waals surface area contributed by atoms with Gasteiger partial charge in [-0.25, -0.2) is 19.9 Å². The molecule has 7 nitrogen and oxygen atoms in total. The quantitative estimate of drug-likeness (QED) is 0.378. The van der Waals surface area contributed by atoms with Crippen LogP contribution in [-0.2, 0) is 12.7 Å². The fourth-order valence-corrected chi connectivity index (χ4v) is 3.26. The zero-order chi connectivity index (χ0) is 23.4. The smallest absolute Gasteiger partial charge is 0.393 e. The van der Waals surface area contributed by atoms with Crippen LogP contribution in [0.25, 0.3) is 0 Å². The zero-order valence-corrected chi connectivity index (χ0v) is 17.7. The molecule has 4 rings (SSSR count). The minimum atomic E-state index is -4.56. The minimum Gasteiger partial charge on any atom is -0.393 e. The van der Waals surface area contributed by atoms with E-state index in [0.717, 1.165) is 11.6 Å². The van der Waals surface area contributed by atoms with Crippen molar-refractivity contribution in [3.05, 3.63) is 89.5 Å². The van der Waals surface area contributed by atoms with Crippen LogP contribution in [0.1, 0.15) is 11.1 Å². The third-order valence-electron chi connectivity index (χ3n) is 4.63. The zero-order valence-electron chi connectivity index (χ0n) is 17.0. The van der Waals surface area contributed by atoms with Crippen LogP contribution in [0.2, 0.25) is 5.02 Å². The third kappa shape index (κ3) is 5.12. The Morgan fingerprint density at radius 2 is 1.70 bits per heavy atom. The van der Waals surface area contributed by atoms with Gasteiger partial charge < -0.3 is 16.0 Å². The highest BCUT2D eigenvalue weighted by Gasteiger charge is 2.31. The molecule has 0 unspecified atom stereocenters. The molecular weight excluding hydrogens is 455 g/mol. The van der Waals surface area contributed by atoms with Gasteiger partial charge in [0.25, 0.3) is 0 Å². The fourth-order valence-electron chi connectivity index (χ4n) is 3.04. The highest BCUT2D eigenvalue weighted by molar-refractivity contribution is 6.33. The van der Waals surface area contributed by atoms with Gasteiger partial charge in [-0.15, -0.1) is 0 Å². The van der Waals surface area contributed by atoms with E-state index >= 15 is 0 Å². The SMILES string of the molecule is Nc1c(Nc2ncc(C(F)(F)F)cc2Cl)ncnc1N(Cc1ccccc1)c1ccccn1. The van der Waals surface area contributed by atoms with E-state index in [2.05, 4.69) is 25.3 Å². The molecule has 0 bridgehead atoms. The van der Waals surface area contributed by atoms with Gasteiger partial charge in [-0.2, -0.15) is 13.2 Å². The lowest BCUT2D eigenvalue weighted by atomic mass is 10.2. The lowest BCUT2D eigenvalue weighted by molar-refractivity contribution is -0.137. The van der Waals surface area contributed by atoms with Crippen molar-refractivity contribution < 1.29 is 13.2 Å². The Morgan fingerprint density at radius 1 is 0.939 bits per heavy atom. The Bertz CT molecular complexity index is 1240. The first-order valence-electron chi connectivity index (χ1n) is 9.65. The van der Waals surface area contributed by atoms with Gasteiger partial charge in [-0.05, 0) is 23.8 Å². The van der Waals surface area contributed by atoms with Gasteiger partial charge in [0.1, 0.15) is 23.7 Å². The van der Waals surface area contributed by atoms with E-state index in [1.54, 1.807) is 17.2 Å². The summed E-state index contributed by atoms with van der Waals surface area (Å²) in [6, 6.07) is 15.9. The molecule has 0 fully saturated rings. The van der Waals surface area contributed by atoms with Crippen LogP contribution in [0.3, 0.4) is 0 Å². The molecule has 3 N–H and O–H groups in total. The molecule has 0 saturated heterocycles. The van der Waals surface area contributed by atoms with Crippen molar-refractivity contribution >= 4 is 40.6 Å². The van der Waals surface area contributed by atoms with Crippen LogP contribution in [0, 0.1) is 0 Å². The number of benzene rings is 1. The van der Waals surface area contributed by atoms with Crippen molar-refractivity contribution in [3.8, 4) is 0 Å². The molecule has 0 aliphatic heterocycles. The van der Waals surface area contributed by atoms with E-state index in [4.69, 9.17) is 17.3 Å². The van der Waals surface area contributed by atoms with Crippen molar-refractivity contribution in [2.45, 2.75) is 12.7 Å². The Hall–Kier alpha value is -3.92. The summed E-state index contributed by atoms with van der Waals surface area (Å²) < 4.78 is 38.7. The first-order chi connectivity index (χ1) is 15.8. The maximum absolute atomic E-state index is 12.9. The molecule has 0 atom stereocenters. The lowest BCUT2D eigenvalue weighted by Crippen LogP contribution is -2.21. The Labute approximate surface area is 192 Å². The van der Waals surface area contributed by atoms with Crippen LogP contribution >= 0.6 is 11.6 Å². The van der Waals surface area contributed by atoms with Gasteiger partial charge in [0.15, 0.2) is 11.6 Å². The first-order valence-corrected chi connectivity index (χ1v) is 10.0. The first kappa shape index (κ1) is 22.3. The largest absolute Gasteiger partial charge is 0.417 e. The van der Waals surface area contributed by atoms with E-state index < -0.39 is 11.7 Å². The normalized spacial score (nSPS) is 11.3. The number of anilines is 5. The molecule has 168 valence electrons. The van der Waals surface area contributed by atoms with E-state index in [0.29, 0.717) is 24.4 Å². The van der Waals surface area contributed by atoms with Crippen LogP contribution < -0.4 is 16.0 Å². The number of nitrogen functional groups attached to an aromatic ring is 1. The van der Waals surface area contributed by atoms with Crippen molar-refractivity contribution in [3.63, 3.8) is 0 Å². The topological polar surface area (TPSA) is 92.8 Å². The molecule has 11 heteroatoms. The fraction of sp³-hybridized carbons (Fsp3) is 0.0909. The van der Waals surface area contributed by atoms with Crippen LogP contribution in [-0.4, -0.2) is 19.9 Å². The molecule has 0 amide bonds. The van der Waals surface area contributed by atoms with Crippen molar-refractivity contribution in [2.75, 3.05) is 16.0 Å². The predicted octanol–water partition coefficient (Wildman–Crippen LogP) is 5.60. The summed E-state index contributed by atoms with van der Waals surface area (Å²) in [6.07, 6.45) is -0.943. The van der Waals surface area contributed by atoms with Crippen LogP contribution in [0.4, 0.5) is 42.1 Å². The predicted molar refractivity (Wildman–Crippen MR) is 120 cm³/mol. The summed E-state index contributed by atoms with van der Waals surface area (Å²) in [5.41, 5.74) is 6.54. The second kappa shape index (κ2) is 9.29. The van der Waals surface area contributed by atoms with E-state index in [-0.39, 0.29) is 22.3 Å². The van der Waals surface area contributed by atoms with E-state index in [9.17, 15) is 13.2 Å². The third-order valence-corrected chi connectivity index (χ3v) is 4.92. The molecule has 1 aromatic carbocycles. The number of halogens is 4. The van der Waals surface area contributed by atoms with Gasteiger partial charge in [0, 0.05) is 12.4 Å². The molecule has 0 aliphatic carbocycles. The lowest BCUT2D eigenvalue weighted by Gasteiger charge is -2.25. The summed E-state index contributed by atoms with van der Waals surface area (Å²) >= 11 is 6.01. The molecule has 4 aromatic rings. The maximum Gasteiger partial charge on any atom is 0.417 e. The average molecular weight is 472 g/mol. The number of hydrogen-bond acceptors (Lipinski definition) is 7. The summed E-state index contributed by atoms with van der Waals surface area (Å²) in [7, 11) is 0. The summed E-state index contributed by atoms with van der Waals surface area (Å²) in [6.45, 7) is 0.414. The molecule has 3 heterocycles. The van der Waals surface area contributed by atoms with Crippen LogP contribution in [0.15, 0.2) is 73.3 Å². The number of alkyl halides is 3. The van der Waals surface area contributed by atoms with Crippen molar-refractivity contribution in [1.82, 2.24) is 19.9 Å². The van der Waals surface area contributed by atoms with E-state index in [1.165, 1.54) is 6.33 Å². The number of rotatable bonds is 6. The van der Waals surface area contributed by atoms with Gasteiger partial charge in [0.2, 0.25) is 0 Å². The molecule has 33 heavy (non-hydrogen) atoms. The molecule has 0 spiro atoms. The van der Waals surface area contributed by atoms with Gasteiger partial charge in [-0.1, -0.05) is 48.0 Å².